The minimum absolute atomic E-state index is 0. The molecule has 0 fully saturated rings. The Labute approximate surface area is 155 Å². The van der Waals surface area contributed by atoms with Gasteiger partial charge in [-0.2, -0.15) is 0 Å². The molecule has 2 rings (SSSR count). The summed E-state index contributed by atoms with van der Waals surface area (Å²) in [5.41, 5.74) is 6.24. The maximum atomic E-state index is 12.1. The maximum absolute atomic E-state index is 12.1. The summed E-state index contributed by atoms with van der Waals surface area (Å²) in [6.07, 6.45) is 1.71. The van der Waals surface area contributed by atoms with Gasteiger partial charge < -0.3 is 10.6 Å². The van der Waals surface area contributed by atoms with Crippen molar-refractivity contribution < 1.29 is 4.79 Å². The molecule has 0 saturated carbocycles. The average molecular weight is 391 g/mol. The van der Waals surface area contributed by atoms with E-state index in [2.05, 4.69) is 4.98 Å². The molecule has 0 atom stereocenters. The standard InChI is InChI=1S/C15H22N4O2S2.ClH/c1-15(2,9-16)10-18(3)13(21)8-22-7-11-6-12(20)19-4-5-23-14(19)17-11;/h4-6H,7-10,16H2,1-3H3;1H. The van der Waals surface area contributed by atoms with E-state index < -0.39 is 0 Å². The zero-order chi connectivity index (χ0) is 17.0. The molecule has 24 heavy (non-hydrogen) atoms. The van der Waals surface area contributed by atoms with Crippen molar-refractivity contribution >= 4 is 46.4 Å². The van der Waals surface area contributed by atoms with Gasteiger partial charge >= 0.3 is 0 Å². The number of thioether (sulfide) groups is 1. The SMILES string of the molecule is CN(CC(C)(C)CN)C(=O)CSCc1cc(=O)n2ccsc2n1.Cl. The summed E-state index contributed by atoms with van der Waals surface area (Å²) in [6.45, 7) is 5.24. The van der Waals surface area contributed by atoms with Crippen LogP contribution in [0.5, 0.6) is 0 Å². The molecule has 0 radical (unpaired) electrons. The monoisotopic (exact) mass is 390 g/mol. The van der Waals surface area contributed by atoms with Crippen molar-refractivity contribution in [3.63, 3.8) is 0 Å². The number of rotatable bonds is 7. The predicted octanol–water partition coefficient (Wildman–Crippen LogP) is 1.85. The molecule has 0 spiro atoms. The Morgan fingerprint density at radius 1 is 1.50 bits per heavy atom. The van der Waals surface area contributed by atoms with E-state index in [0.29, 0.717) is 35.3 Å². The molecule has 2 N–H and O–H groups in total. The van der Waals surface area contributed by atoms with Crippen LogP contribution in [0.25, 0.3) is 4.96 Å². The first-order valence-corrected chi connectivity index (χ1v) is 9.33. The second kappa shape index (κ2) is 8.84. The van der Waals surface area contributed by atoms with Crippen LogP contribution in [0.4, 0.5) is 0 Å². The summed E-state index contributed by atoms with van der Waals surface area (Å²) >= 11 is 2.89. The highest BCUT2D eigenvalue weighted by atomic mass is 35.5. The number of hydrogen-bond acceptors (Lipinski definition) is 6. The van der Waals surface area contributed by atoms with Gasteiger partial charge in [0.1, 0.15) is 0 Å². The second-order valence-electron chi connectivity index (χ2n) is 6.25. The van der Waals surface area contributed by atoms with Crippen molar-refractivity contribution in [1.29, 1.82) is 0 Å². The summed E-state index contributed by atoms with van der Waals surface area (Å²) in [5, 5.41) is 1.83. The smallest absolute Gasteiger partial charge is 0.258 e. The molecule has 0 aliphatic rings. The van der Waals surface area contributed by atoms with Crippen molar-refractivity contribution in [2.45, 2.75) is 19.6 Å². The normalized spacial score (nSPS) is 11.3. The minimum atomic E-state index is -0.0878. The molecule has 9 heteroatoms. The fourth-order valence-electron chi connectivity index (χ4n) is 2.11. The third-order valence-corrected chi connectivity index (χ3v) is 5.18. The van der Waals surface area contributed by atoms with Gasteiger partial charge in [0.2, 0.25) is 5.91 Å². The van der Waals surface area contributed by atoms with Crippen molar-refractivity contribution in [2.75, 3.05) is 25.9 Å². The van der Waals surface area contributed by atoms with E-state index in [1.807, 2.05) is 19.2 Å². The van der Waals surface area contributed by atoms with Crippen LogP contribution < -0.4 is 11.3 Å². The highest BCUT2D eigenvalue weighted by molar-refractivity contribution is 7.99. The van der Waals surface area contributed by atoms with Crippen LogP contribution in [0.2, 0.25) is 0 Å². The fraction of sp³-hybridized carbons (Fsp3) is 0.533. The van der Waals surface area contributed by atoms with Crippen LogP contribution in [0.3, 0.4) is 0 Å². The molecule has 0 saturated heterocycles. The summed E-state index contributed by atoms with van der Waals surface area (Å²) in [7, 11) is 1.79. The quantitative estimate of drug-likeness (QED) is 0.780. The van der Waals surface area contributed by atoms with E-state index in [4.69, 9.17) is 5.73 Å². The zero-order valence-corrected chi connectivity index (χ0v) is 16.5. The van der Waals surface area contributed by atoms with Crippen LogP contribution in [0.15, 0.2) is 22.4 Å². The summed E-state index contributed by atoms with van der Waals surface area (Å²) in [6, 6.07) is 1.53. The number of thiazole rings is 1. The topological polar surface area (TPSA) is 80.7 Å². The highest BCUT2D eigenvalue weighted by Gasteiger charge is 2.21. The second-order valence-corrected chi connectivity index (χ2v) is 8.11. The maximum Gasteiger partial charge on any atom is 0.258 e. The van der Waals surface area contributed by atoms with E-state index in [-0.39, 0.29) is 29.3 Å². The number of amides is 1. The molecule has 134 valence electrons. The molecule has 2 aromatic rings. The molecule has 0 aliphatic carbocycles. The van der Waals surface area contributed by atoms with Crippen molar-refractivity contribution in [3.05, 3.63) is 33.7 Å². The third-order valence-electron chi connectivity index (χ3n) is 3.48. The van der Waals surface area contributed by atoms with Crippen LogP contribution in [-0.4, -0.2) is 46.1 Å². The lowest BCUT2D eigenvalue weighted by atomic mass is 9.93. The number of nitrogens with zero attached hydrogens (tertiary/aromatic N) is 3. The Bertz CT molecular complexity index is 744. The van der Waals surface area contributed by atoms with Gasteiger partial charge in [0.25, 0.3) is 5.56 Å². The molecular formula is C15H23ClN4O2S2. The molecule has 2 heterocycles. The highest BCUT2D eigenvalue weighted by Crippen LogP contribution is 2.16. The first kappa shape index (κ1) is 21.0. The van der Waals surface area contributed by atoms with E-state index in [9.17, 15) is 9.59 Å². The first-order chi connectivity index (χ1) is 10.8. The van der Waals surface area contributed by atoms with Gasteiger partial charge in [0, 0.05) is 37.0 Å². The zero-order valence-electron chi connectivity index (χ0n) is 14.0. The van der Waals surface area contributed by atoms with Crippen LogP contribution in [-0.2, 0) is 10.5 Å². The molecule has 6 nitrogen and oxygen atoms in total. The van der Waals surface area contributed by atoms with Gasteiger partial charge in [-0.1, -0.05) is 13.8 Å². The van der Waals surface area contributed by atoms with E-state index in [1.165, 1.54) is 33.6 Å². The minimum Gasteiger partial charge on any atom is -0.344 e. The van der Waals surface area contributed by atoms with E-state index in [1.54, 1.807) is 18.1 Å². The van der Waals surface area contributed by atoms with Crippen molar-refractivity contribution in [1.82, 2.24) is 14.3 Å². The molecule has 2 aromatic heterocycles. The third kappa shape index (κ3) is 5.47. The number of fused-ring (bicyclic) bond motifs is 1. The Hall–Kier alpha value is -1.09. The number of halogens is 1. The van der Waals surface area contributed by atoms with Crippen LogP contribution >= 0.6 is 35.5 Å². The lowest BCUT2D eigenvalue weighted by molar-refractivity contribution is -0.128. The van der Waals surface area contributed by atoms with Crippen molar-refractivity contribution in [3.8, 4) is 0 Å². The van der Waals surface area contributed by atoms with Gasteiger partial charge in [-0.05, 0) is 12.0 Å². The summed E-state index contributed by atoms with van der Waals surface area (Å²) in [4.78, 5) is 30.9. The van der Waals surface area contributed by atoms with Crippen molar-refractivity contribution in [2.24, 2.45) is 11.1 Å². The predicted molar refractivity (Wildman–Crippen MR) is 103 cm³/mol. The number of hydrogen-bond donors (Lipinski definition) is 1. The first-order valence-electron chi connectivity index (χ1n) is 7.30. The van der Waals surface area contributed by atoms with Gasteiger partial charge in [-0.3, -0.25) is 14.0 Å². The van der Waals surface area contributed by atoms with Gasteiger partial charge in [0.15, 0.2) is 4.96 Å². The molecule has 0 bridgehead atoms. The Kier molecular flexibility index (Phi) is 7.72. The van der Waals surface area contributed by atoms with Gasteiger partial charge in [-0.25, -0.2) is 4.98 Å². The molecule has 0 unspecified atom stereocenters. The lowest BCUT2D eigenvalue weighted by Gasteiger charge is -2.29. The number of nitrogens with two attached hydrogens (primary N) is 1. The Morgan fingerprint density at radius 2 is 2.21 bits per heavy atom. The fourth-order valence-corrected chi connectivity index (χ4v) is 3.70. The molecule has 1 amide bonds. The summed E-state index contributed by atoms with van der Waals surface area (Å²) in [5.74, 6) is 0.969. The molecule has 0 aromatic carbocycles. The van der Waals surface area contributed by atoms with E-state index in [0.717, 1.165) is 0 Å². The molecular weight excluding hydrogens is 368 g/mol. The van der Waals surface area contributed by atoms with Gasteiger partial charge in [-0.15, -0.1) is 35.5 Å². The Morgan fingerprint density at radius 3 is 2.88 bits per heavy atom. The number of aromatic nitrogens is 2. The number of carbonyl (C=O) groups is 1. The largest absolute Gasteiger partial charge is 0.344 e. The van der Waals surface area contributed by atoms with Crippen LogP contribution in [0.1, 0.15) is 19.5 Å². The lowest BCUT2D eigenvalue weighted by Crippen LogP contribution is -2.40. The number of carbonyl (C=O) groups excluding carboxylic acids is 1. The Balaban J connectivity index is 0.00000288. The average Bonchev–Trinajstić information content (AvgIpc) is 2.95. The molecule has 0 aliphatic heterocycles. The van der Waals surface area contributed by atoms with E-state index >= 15 is 0 Å². The summed E-state index contributed by atoms with van der Waals surface area (Å²) < 4.78 is 1.52. The van der Waals surface area contributed by atoms with Gasteiger partial charge in [0.05, 0.1) is 11.4 Å². The van der Waals surface area contributed by atoms with Crippen LogP contribution in [0, 0.1) is 5.41 Å².